The minimum Gasteiger partial charge on any atom is -0.361 e. The molecule has 0 spiro atoms. The van der Waals surface area contributed by atoms with Crippen LogP contribution >= 0.6 is 0 Å². The van der Waals surface area contributed by atoms with Gasteiger partial charge in [0.1, 0.15) is 5.69 Å². The predicted molar refractivity (Wildman–Crippen MR) is 112 cm³/mol. The van der Waals surface area contributed by atoms with Gasteiger partial charge in [0, 0.05) is 61.1 Å². The molecule has 0 radical (unpaired) electrons. The average molecular weight is 423 g/mol. The Balaban J connectivity index is 1.40. The van der Waals surface area contributed by atoms with Crippen molar-refractivity contribution in [3.63, 3.8) is 0 Å². The van der Waals surface area contributed by atoms with Crippen LogP contribution in [0.4, 0.5) is 8.78 Å². The van der Waals surface area contributed by atoms with E-state index in [1.807, 2.05) is 30.5 Å². The number of alkyl halides is 2. The number of ketones is 1. The summed E-state index contributed by atoms with van der Waals surface area (Å²) in [6, 6.07) is 11.2. The lowest BCUT2D eigenvalue weighted by atomic mass is 9.98. The second-order valence-electron chi connectivity index (χ2n) is 8.73. The number of halogens is 2. The van der Waals surface area contributed by atoms with Gasteiger partial charge in [-0.2, -0.15) is 0 Å². The summed E-state index contributed by atoms with van der Waals surface area (Å²) in [6.45, 7) is 0. The molecule has 5 nitrogen and oxygen atoms in total. The summed E-state index contributed by atoms with van der Waals surface area (Å²) in [5.74, 6) is -3.13. The third-order valence-corrected chi connectivity index (χ3v) is 6.72. The van der Waals surface area contributed by atoms with Crippen LogP contribution in [0.5, 0.6) is 0 Å². The number of benzene rings is 1. The van der Waals surface area contributed by atoms with Crippen LogP contribution in [0.3, 0.4) is 0 Å². The Hall–Kier alpha value is -3.09. The molecule has 3 atom stereocenters. The van der Waals surface area contributed by atoms with E-state index < -0.39 is 5.92 Å². The molecule has 2 fully saturated rings. The molecule has 7 heteroatoms. The van der Waals surface area contributed by atoms with Gasteiger partial charge in [-0.05, 0) is 47.6 Å². The Morgan fingerprint density at radius 2 is 1.97 bits per heavy atom. The molecule has 3 aromatic rings. The SMILES string of the molecule is CNC(=O)c1cc(C(=O)CC2[C@H]3CC(F)(F)C[C@@H]23)cc(Cc2cccc3[nH]ccc23)n1. The van der Waals surface area contributed by atoms with Gasteiger partial charge in [-0.1, -0.05) is 12.1 Å². The van der Waals surface area contributed by atoms with Crippen molar-refractivity contribution in [1.29, 1.82) is 0 Å². The minimum absolute atomic E-state index is 0.0285. The van der Waals surface area contributed by atoms with Gasteiger partial charge in [-0.15, -0.1) is 0 Å². The molecular weight excluding hydrogens is 400 g/mol. The number of Topliss-reactive ketones (excluding diaryl/α,β-unsaturated/α-hetero) is 1. The number of H-pyrrole nitrogens is 1. The van der Waals surface area contributed by atoms with Gasteiger partial charge in [-0.25, -0.2) is 13.8 Å². The Kier molecular flexibility index (Phi) is 4.64. The van der Waals surface area contributed by atoms with Crippen LogP contribution < -0.4 is 5.32 Å². The number of carbonyl (C=O) groups excluding carboxylic acids is 2. The zero-order valence-electron chi connectivity index (χ0n) is 17.1. The number of rotatable bonds is 6. The zero-order chi connectivity index (χ0) is 21.8. The van der Waals surface area contributed by atoms with Crippen LogP contribution in [-0.4, -0.2) is 34.6 Å². The number of pyridine rings is 1. The quantitative estimate of drug-likeness (QED) is 0.578. The van der Waals surface area contributed by atoms with Crippen molar-refractivity contribution >= 4 is 22.6 Å². The Labute approximate surface area is 178 Å². The molecule has 0 aliphatic heterocycles. The molecule has 31 heavy (non-hydrogen) atoms. The van der Waals surface area contributed by atoms with Crippen molar-refractivity contribution in [2.24, 2.45) is 17.8 Å². The fraction of sp³-hybridized carbons (Fsp3) is 0.375. The van der Waals surface area contributed by atoms with E-state index >= 15 is 0 Å². The van der Waals surface area contributed by atoms with Crippen molar-refractivity contribution < 1.29 is 18.4 Å². The lowest BCUT2D eigenvalue weighted by Gasteiger charge is -2.13. The van der Waals surface area contributed by atoms with Crippen LogP contribution in [0, 0.1) is 17.8 Å². The summed E-state index contributed by atoms with van der Waals surface area (Å²) in [6.07, 6.45) is 2.37. The number of nitrogens with one attached hydrogen (secondary N) is 2. The molecule has 2 saturated carbocycles. The number of hydrogen-bond donors (Lipinski definition) is 2. The number of hydrogen-bond acceptors (Lipinski definition) is 3. The van der Waals surface area contributed by atoms with Crippen molar-refractivity contribution in [1.82, 2.24) is 15.3 Å². The molecule has 2 aromatic heterocycles. The zero-order valence-corrected chi connectivity index (χ0v) is 17.1. The van der Waals surface area contributed by atoms with Gasteiger partial charge in [0.05, 0.1) is 0 Å². The molecule has 5 rings (SSSR count). The normalized spacial score (nSPS) is 23.5. The number of aromatic amines is 1. The summed E-state index contributed by atoms with van der Waals surface area (Å²) in [5, 5.41) is 3.62. The molecule has 2 aliphatic rings. The van der Waals surface area contributed by atoms with Gasteiger partial charge in [0.15, 0.2) is 5.78 Å². The monoisotopic (exact) mass is 423 g/mol. The van der Waals surface area contributed by atoms with E-state index in [4.69, 9.17) is 0 Å². The molecular formula is C24H23F2N3O2. The van der Waals surface area contributed by atoms with Crippen molar-refractivity contribution in [3.05, 3.63) is 65.1 Å². The third kappa shape index (κ3) is 3.73. The predicted octanol–water partition coefficient (Wildman–Crippen LogP) is 4.38. The highest BCUT2D eigenvalue weighted by Gasteiger charge is 2.62. The number of nitrogens with zero attached hydrogens (tertiary/aromatic N) is 1. The number of amides is 1. The Morgan fingerprint density at radius 1 is 1.19 bits per heavy atom. The van der Waals surface area contributed by atoms with Crippen LogP contribution in [0.15, 0.2) is 42.6 Å². The summed E-state index contributed by atoms with van der Waals surface area (Å²) < 4.78 is 26.9. The molecule has 0 bridgehead atoms. The van der Waals surface area contributed by atoms with E-state index in [0.29, 0.717) is 17.7 Å². The maximum atomic E-state index is 13.4. The minimum atomic E-state index is -2.58. The summed E-state index contributed by atoms with van der Waals surface area (Å²) in [4.78, 5) is 32.9. The lowest BCUT2D eigenvalue weighted by Crippen LogP contribution is -2.21. The van der Waals surface area contributed by atoms with E-state index in [1.165, 1.54) is 13.1 Å². The lowest BCUT2D eigenvalue weighted by molar-refractivity contribution is -0.00847. The number of aromatic nitrogens is 2. The van der Waals surface area contributed by atoms with Crippen molar-refractivity contribution in [2.45, 2.75) is 31.6 Å². The number of carbonyl (C=O) groups is 2. The summed E-state index contributed by atoms with van der Waals surface area (Å²) in [7, 11) is 1.52. The van der Waals surface area contributed by atoms with E-state index in [9.17, 15) is 18.4 Å². The summed E-state index contributed by atoms with van der Waals surface area (Å²) in [5.41, 5.74) is 3.28. The summed E-state index contributed by atoms with van der Waals surface area (Å²) >= 11 is 0. The molecule has 160 valence electrons. The standard InChI is InChI=1S/C24H23F2N3O2/c1-27-23(31)21-9-14(22(30)10-17-18-11-24(25,26)12-19(17)18)8-15(29-21)7-13-3-2-4-20-16(13)5-6-28-20/h2-6,8-9,17-19,28H,7,10-12H2,1H3,(H,27,31)/t17?,18-,19+. The largest absolute Gasteiger partial charge is 0.361 e. The smallest absolute Gasteiger partial charge is 0.269 e. The maximum Gasteiger partial charge on any atom is 0.269 e. The Bertz CT molecular complexity index is 1170. The van der Waals surface area contributed by atoms with Gasteiger partial charge in [0.25, 0.3) is 5.91 Å². The highest BCUT2D eigenvalue weighted by molar-refractivity contribution is 6.00. The molecule has 2 N–H and O–H groups in total. The van der Waals surface area contributed by atoms with Crippen molar-refractivity contribution in [2.75, 3.05) is 7.05 Å². The molecule has 0 saturated heterocycles. The number of fused-ring (bicyclic) bond motifs is 2. The van der Waals surface area contributed by atoms with Crippen molar-refractivity contribution in [3.8, 4) is 0 Å². The van der Waals surface area contributed by atoms with E-state index in [-0.39, 0.29) is 54.4 Å². The first-order valence-corrected chi connectivity index (χ1v) is 10.5. The molecule has 2 aliphatic carbocycles. The molecule has 2 heterocycles. The van der Waals surface area contributed by atoms with Gasteiger partial charge in [-0.3, -0.25) is 9.59 Å². The van der Waals surface area contributed by atoms with Gasteiger partial charge >= 0.3 is 0 Å². The maximum absolute atomic E-state index is 13.4. The fourth-order valence-corrected chi connectivity index (χ4v) is 5.12. The van der Waals surface area contributed by atoms with E-state index in [1.54, 1.807) is 6.07 Å². The average Bonchev–Trinajstić information content (AvgIpc) is 3.11. The first-order chi connectivity index (χ1) is 14.8. The first-order valence-electron chi connectivity index (χ1n) is 10.5. The fourth-order valence-electron chi connectivity index (χ4n) is 5.12. The van der Waals surface area contributed by atoms with Crippen LogP contribution in [0.2, 0.25) is 0 Å². The van der Waals surface area contributed by atoms with Crippen LogP contribution in [0.1, 0.15) is 51.4 Å². The second kappa shape index (κ2) is 7.25. The van der Waals surface area contributed by atoms with Gasteiger partial charge in [0.2, 0.25) is 5.92 Å². The van der Waals surface area contributed by atoms with E-state index in [2.05, 4.69) is 15.3 Å². The Morgan fingerprint density at radius 3 is 2.71 bits per heavy atom. The third-order valence-electron chi connectivity index (χ3n) is 6.72. The highest BCUT2D eigenvalue weighted by Crippen LogP contribution is 2.63. The van der Waals surface area contributed by atoms with Crippen LogP contribution in [0.25, 0.3) is 10.9 Å². The van der Waals surface area contributed by atoms with Crippen LogP contribution in [-0.2, 0) is 6.42 Å². The molecule has 1 amide bonds. The van der Waals surface area contributed by atoms with Gasteiger partial charge < -0.3 is 10.3 Å². The highest BCUT2D eigenvalue weighted by atomic mass is 19.3. The topological polar surface area (TPSA) is 74.8 Å². The second-order valence-corrected chi connectivity index (χ2v) is 8.73. The molecule has 1 aromatic carbocycles. The van der Waals surface area contributed by atoms with E-state index in [0.717, 1.165) is 16.5 Å². The first kappa shape index (κ1) is 19.8. The molecule has 1 unspecified atom stereocenters.